The summed E-state index contributed by atoms with van der Waals surface area (Å²) in [4.78, 5) is 5.12. The van der Waals surface area contributed by atoms with Crippen LogP contribution in [-0.2, 0) is 24.4 Å². The van der Waals surface area contributed by atoms with Crippen LogP contribution in [0.5, 0.6) is 0 Å². The Hall–Kier alpha value is -3.86. The van der Waals surface area contributed by atoms with Gasteiger partial charge in [0.25, 0.3) is 6.33 Å². The molecule has 6 rings (SSSR count). The van der Waals surface area contributed by atoms with E-state index < -0.39 is 0 Å². The van der Waals surface area contributed by atoms with E-state index in [2.05, 4.69) is 137 Å². The molecule has 0 saturated carbocycles. The van der Waals surface area contributed by atoms with Crippen LogP contribution in [0, 0.1) is 0 Å². The van der Waals surface area contributed by atoms with Gasteiger partial charge in [-0.15, -0.1) is 0 Å². The second-order valence-electron chi connectivity index (χ2n) is 13.0. The molecule has 1 atom stereocenters. The van der Waals surface area contributed by atoms with Gasteiger partial charge in [0.2, 0.25) is 11.7 Å². The topological polar surface area (TPSA) is 38.5 Å². The van der Waals surface area contributed by atoms with Crippen LogP contribution in [-0.4, -0.2) is 14.8 Å². The van der Waals surface area contributed by atoms with Crippen LogP contribution in [0.15, 0.2) is 79.3 Å². The molecule has 216 valence electrons. The highest BCUT2D eigenvalue weighted by Crippen LogP contribution is 2.45. The SMILES string of the molecule is CCCCc1ccc2c3[n+](cnc2c1)C(CC)(CC)C([n+]1ccccc1-c1cc(C(C)(C)C)nn1C)c1ccccc1-3. The molecule has 0 saturated heterocycles. The third-order valence-electron chi connectivity index (χ3n) is 9.49. The number of fused-ring (bicyclic) bond motifs is 5. The summed E-state index contributed by atoms with van der Waals surface area (Å²) in [6.07, 6.45) is 9.84. The summed E-state index contributed by atoms with van der Waals surface area (Å²) >= 11 is 0. The molecule has 5 heteroatoms. The largest absolute Gasteiger partial charge is 0.288 e. The van der Waals surface area contributed by atoms with Crippen LogP contribution in [0.3, 0.4) is 0 Å². The van der Waals surface area contributed by atoms with Gasteiger partial charge in [-0.2, -0.15) is 9.67 Å². The van der Waals surface area contributed by atoms with Gasteiger partial charge < -0.3 is 0 Å². The Bertz CT molecular complexity index is 1750. The van der Waals surface area contributed by atoms with Gasteiger partial charge in [-0.25, -0.2) is 4.57 Å². The summed E-state index contributed by atoms with van der Waals surface area (Å²) in [5.41, 5.74) is 9.56. The fraction of sp³-hybridized carbons (Fsp3) is 0.405. The van der Waals surface area contributed by atoms with E-state index in [1.807, 2.05) is 4.68 Å². The van der Waals surface area contributed by atoms with E-state index in [9.17, 15) is 0 Å². The second kappa shape index (κ2) is 10.8. The Morgan fingerprint density at radius 3 is 2.40 bits per heavy atom. The third kappa shape index (κ3) is 4.45. The van der Waals surface area contributed by atoms with Crippen molar-refractivity contribution < 1.29 is 9.13 Å². The van der Waals surface area contributed by atoms with Gasteiger partial charge in [-0.1, -0.05) is 78.3 Å². The maximum Gasteiger partial charge on any atom is 0.288 e. The molecule has 5 nitrogen and oxygen atoms in total. The summed E-state index contributed by atoms with van der Waals surface area (Å²) < 4.78 is 7.07. The summed E-state index contributed by atoms with van der Waals surface area (Å²) in [7, 11) is 2.07. The fourth-order valence-corrected chi connectivity index (χ4v) is 7.07. The maximum absolute atomic E-state index is 5.12. The third-order valence-corrected chi connectivity index (χ3v) is 9.49. The smallest absolute Gasteiger partial charge is 0.262 e. The molecule has 0 radical (unpaired) electrons. The van der Waals surface area contributed by atoms with Crippen molar-refractivity contribution in [1.82, 2.24) is 14.8 Å². The lowest BCUT2D eigenvalue weighted by Crippen LogP contribution is -2.69. The van der Waals surface area contributed by atoms with Gasteiger partial charge in [-0.05, 0) is 60.5 Å². The Balaban J connectivity index is 1.61. The fourth-order valence-electron chi connectivity index (χ4n) is 7.07. The van der Waals surface area contributed by atoms with E-state index in [4.69, 9.17) is 10.1 Å². The Labute approximate surface area is 250 Å². The van der Waals surface area contributed by atoms with Gasteiger partial charge in [0, 0.05) is 35.7 Å². The number of hydrogen-bond donors (Lipinski definition) is 0. The molecule has 0 amide bonds. The first-order valence-electron chi connectivity index (χ1n) is 15.7. The average molecular weight is 560 g/mol. The second-order valence-corrected chi connectivity index (χ2v) is 13.0. The molecule has 3 aromatic heterocycles. The number of unbranched alkanes of at least 4 members (excludes halogenated alkanes) is 1. The highest BCUT2D eigenvalue weighted by molar-refractivity contribution is 5.92. The predicted octanol–water partition coefficient (Wildman–Crippen LogP) is 7.64. The first kappa shape index (κ1) is 28.3. The number of aryl methyl sites for hydroxylation is 2. The number of hydrogen-bond acceptors (Lipinski definition) is 2. The number of nitrogens with zero attached hydrogens (tertiary/aromatic N) is 5. The molecule has 0 N–H and O–H groups in total. The van der Waals surface area contributed by atoms with Crippen molar-refractivity contribution in [3.05, 3.63) is 96.1 Å². The lowest BCUT2D eigenvalue weighted by atomic mass is 9.74. The molecule has 0 fully saturated rings. The Kier molecular flexibility index (Phi) is 7.24. The van der Waals surface area contributed by atoms with Gasteiger partial charge in [0.1, 0.15) is 11.4 Å². The number of pyridine rings is 1. The molecule has 0 bridgehead atoms. The van der Waals surface area contributed by atoms with Gasteiger partial charge in [0.15, 0.2) is 17.3 Å². The molecule has 42 heavy (non-hydrogen) atoms. The van der Waals surface area contributed by atoms with Crippen molar-refractivity contribution in [2.75, 3.05) is 0 Å². The summed E-state index contributed by atoms with van der Waals surface area (Å²) in [6.45, 7) is 13.6. The number of benzene rings is 2. The van der Waals surface area contributed by atoms with E-state index in [1.54, 1.807) is 0 Å². The minimum atomic E-state index is -0.210. The quantitative estimate of drug-likeness (QED) is 0.192. The monoisotopic (exact) mass is 559 g/mol. The molecular weight excluding hydrogens is 514 g/mol. The van der Waals surface area contributed by atoms with E-state index >= 15 is 0 Å². The molecule has 0 spiro atoms. The lowest BCUT2D eigenvalue weighted by molar-refractivity contribution is -0.838. The first-order chi connectivity index (χ1) is 20.2. The Morgan fingerprint density at radius 1 is 0.929 bits per heavy atom. The maximum atomic E-state index is 5.12. The predicted molar refractivity (Wildman–Crippen MR) is 170 cm³/mol. The van der Waals surface area contributed by atoms with Crippen molar-refractivity contribution in [3.8, 4) is 22.6 Å². The molecular formula is C37H45N5+2. The standard InChI is InChI=1S/C37H45N5/c1-8-11-16-26-20-21-29-30(23-26)38-25-42-34(29)27-17-12-13-18-28(27)35(37(42,9-2)10-3)41-22-15-14-19-31(41)32-24-33(36(4,5)6)39-40(32)7/h12-15,17-25,35H,8-11,16H2,1-7H3/q+2. The van der Waals surface area contributed by atoms with Crippen LogP contribution in [0.2, 0.25) is 0 Å². The van der Waals surface area contributed by atoms with Gasteiger partial charge >= 0.3 is 0 Å². The Morgan fingerprint density at radius 2 is 1.69 bits per heavy atom. The zero-order valence-corrected chi connectivity index (χ0v) is 26.4. The van der Waals surface area contributed by atoms with Crippen LogP contribution in [0.25, 0.3) is 33.5 Å². The zero-order chi connectivity index (χ0) is 29.6. The van der Waals surface area contributed by atoms with Crippen molar-refractivity contribution in [2.45, 2.75) is 90.6 Å². The molecule has 1 aliphatic rings. The minimum Gasteiger partial charge on any atom is -0.262 e. The number of aromatic nitrogens is 5. The van der Waals surface area contributed by atoms with E-state index in [1.165, 1.54) is 46.3 Å². The highest BCUT2D eigenvalue weighted by Gasteiger charge is 2.55. The highest BCUT2D eigenvalue weighted by atomic mass is 15.3. The van der Waals surface area contributed by atoms with E-state index in [0.29, 0.717) is 0 Å². The van der Waals surface area contributed by atoms with Crippen molar-refractivity contribution in [1.29, 1.82) is 0 Å². The molecule has 1 unspecified atom stereocenters. The molecule has 4 heterocycles. The van der Waals surface area contributed by atoms with Crippen LogP contribution < -0.4 is 9.13 Å². The lowest BCUT2D eigenvalue weighted by Gasteiger charge is -2.39. The summed E-state index contributed by atoms with van der Waals surface area (Å²) in [5, 5.41) is 6.18. The van der Waals surface area contributed by atoms with E-state index in [0.717, 1.165) is 36.2 Å². The summed E-state index contributed by atoms with van der Waals surface area (Å²) in [6, 6.07) is 24.9. The van der Waals surface area contributed by atoms with Crippen LogP contribution >= 0.6 is 0 Å². The molecule has 0 aliphatic carbocycles. The first-order valence-corrected chi connectivity index (χ1v) is 15.7. The van der Waals surface area contributed by atoms with Gasteiger partial charge in [-0.3, -0.25) is 4.68 Å². The summed E-state index contributed by atoms with van der Waals surface area (Å²) in [5.74, 6) is 0. The average Bonchev–Trinajstić information content (AvgIpc) is 3.40. The van der Waals surface area contributed by atoms with Crippen molar-refractivity contribution >= 4 is 10.9 Å². The van der Waals surface area contributed by atoms with Crippen molar-refractivity contribution in [3.63, 3.8) is 0 Å². The van der Waals surface area contributed by atoms with Crippen LogP contribution in [0.4, 0.5) is 0 Å². The number of rotatable bonds is 7. The van der Waals surface area contributed by atoms with Crippen molar-refractivity contribution in [2.24, 2.45) is 7.05 Å². The molecule has 2 aromatic carbocycles. The molecule has 1 aliphatic heterocycles. The normalized spacial score (nSPS) is 15.9. The van der Waals surface area contributed by atoms with Crippen LogP contribution in [0.1, 0.15) is 90.1 Å². The minimum absolute atomic E-state index is 0.0262. The van der Waals surface area contributed by atoms with Gasteiger partial charge in [0.05, 0.1) is 11.1 Å². The van der Waals surface area contributed by atoms with E-state index in [-0.39, 0.29) is 17.0 Å². The molecule has 5 aromatic rings. The zero-order valence-electron chi connectivity index (χ0n) is 26.4.